The van der Waals surface area contributed by atoms with Crippen LogP contribution in [0.2, 0.25) is 0 Å². The van der Waals surface area contributed by atoms with Crippen LogP contribution in [0.3, 0.4) is 0 Å². The van der Waals surface area contributed by atoms with Crippen molar-refractivity contribution in [1.29, 1.82) is 0 Å². The summed E-state index contributed by atoms with van der Waals surface area (Å²) in [4.78, 5) is 91.7. The van der Waals surface area contributed by atoms with Crippen LogP contribution in [0.5, 0.6) is 0 Å². The van der Waals surface area contributed by atoms with E-state index in [4.69, 9.17) is 0 Å². The van der Waals surface area contributed by atoms with Crippen LogP contribution in [-0.4, -0.2) is 183 Å². The number of nitrogens with zero attached hydrogens (tertiary/aromatic N) is 7. The van der Waals surface area contributed by atoms with Gasteiger partial charge in [0, 0.05) is 77.6 Å². The Labute approximate surface area is 331 Å². The highest BCUT2D eigenvalue weighted by molar-refractivity contribution is 7.88. The van der Waals surface area contributed by atoms with E-state index in [1.165, 1.54) is 30.6 Å². The molecule has 2 aliphatic carbocycles. The highest BCUT2D eigenvalue weighted by atomic mass is 32.2. The summed E-state index contributed by atoms with van der Waals surface area (Å²) in [5, 5.41) is 6.02. The molecular formula is C33H41N9O10S4. The highest BCUT2D eigenvalue weighted by Crippen LogP contribution is 2.29. The van der Waals surface area contributed by atoms with Crippen LogP contribution < -0.4 is 10.6 Å². The minimum absolute atomic E-state index is 0.000496. The third-order valence-electron chi connectivity index (χ3n) is 9.59. The van der Waals surface area contributed by atoms with Crippen molar-refractivity contribution in [3.8, 4) is 0 Å². The van der Waals surface area contributed by atoms with Gasteiger partial charge in [0.15, 0.2) is 21.6 Å². The predicted octanol–water partition coefficient (Wildman–Crippen LogP) is -0.848. The van der Waals surface area contributed by atoms with Crippen LogP contribution in [0.4, 0.5) is 0 Å². The molecule has 0 bridgehead atoms. The summed E-state index contributed by atoms with van der Waals surface area (Å²) in [6.07, 6.45) is 5.88. The molecule has 302 valence electrons. The van der Waals surface area contributed by atoms with Gasteiger partial charge in [-0.05, 0) is 33.0 Å². The Morgan fingerprint density at radius 3 is 1.36 bits per heavy atom. The largest absolute Gasteiger partial charge is 0.382 e. The fourth-order valence-electron chi connectivity index (χ4n) is 6.48. The first-order valence-corrected chi connectivity index (χ1v) is 23.0. The average molecular weight is 852 g/mol. The standard InChI is InChI=1S/C33H41N9O10S4/c1-38(8-4-6-34-20-18-22(43)28-24(26(20)45)36-30(53-28)32(47)39-10-14-41(15-11-39)55(2,49)50)9-5-7-35-21-19-23(44)29-25(27(21)46)37-31(54-29)33(48)40-12-16-42(17-13-40)56(3,51)52/h18-19,34-35H,4-17H2,1-3H3. The molecule has 4 heterocycles. The molecule has 2 aliphatic heterocycles. The Morgan fingerprint density at radius 2 is 1.02 bits per heavy atom. The topological polar surface area (TPSA) is 237 Å². The molecule has 2 fully saturated rings. The van der Waals surface area contributed by atoms with E-state index in [9.17, 15) is 45.6 Å². The summed E-state index contributed by atoms with van der Waals surface area (Å²) in [6, 6.07) is 0. The SMILES string of the molecule is CN(CCCNC1=CC(=O)c2sc(C(=O)N3CCN(S(C)(=O)=O)CC3)nc2C1=O)CCCNC1=CC(=O)c2sc(C(=O)N3CCN(S(C)(=O)=O)CC3)nc2C1=O. The lowest BCUT2D eigenvalue weighted by atomic mass is 10.0. The number of carbonyl (C=O) groups is 6. The summed E-state index contributed by atoms with van der Waals surface area (Å²) < 4.78 is 49.8. The van der Waals surface area contributed by atoms with Gasteiger partial charge in [0.2, 0.25) is 31.6 Å². The molecule has 0 saturated carbocycles. The lowest BCUT2D eigenvalue weighted by molar-refractivity contribution is 0.0691. The van der Waals surface area contributed by atoms with Crippen molar-refractivity contribution in [2.75, 3.05) is 98.1 Å². The molecule has 2 amide bonds. The quantitative estimate of drug-likeness (QED) is 0.220. The molecule has 2 saturated heterocycles. The zero-order chi connectivity index (χ0) is 40.5. The van der Waals surface area contributed by atoms with Crippen LogP contribution in [0.25, 0.3) is 0 Å². The van der Waals surface area contributed by atoms with Crippen LogP contribution in [0.15, 0.2) is 23.5 Å². The number of amides is 2. The van der Waals surface area contributed by atoms with Gasteiger partial charge in [-0.1, -0.05) is 0 Å². The van der Waals surface area contributed by atoms with E-state index >= 15 is 0 Å². The second-order valence-electron chi connectivity index (χ2n) is 13.7. The molecule has 0 spiro atoms. The Bertz CT molecular complexity index is 2090. The zero-order valence-electron chi connectivity index (χ0n) is 30.9. The maximum atomic E-state index is 13.2. The lowest BCUT2D eigenvalue weighted by Crippen LogP contribution is -2.50. The number of Topliss-reactive ketones (excluding diaryl/α,β-unsaturated/α-hetero) is 2. The van der Waals surface area contributed by atoms with Crippen molar-refractivity contribution >= 4 is 77.7 Å². The van der Waals surface area contributed by atoms with E-state index in [1.807, 2.05) is 11.9 Å². The summed E-state index contributed by atoms with van der Waals surface area (Å²) in [5.41, 5.74) is 0.0199. The number of ketones is 4. The molecule has 23 heteroatoms. The number of thiazole rings is 2. The van der Waals surface area contributed by atoms with E-state index in [1.54, 1.807) is 0 Å². The molecule has 19 nitrogen and oxygen atoms in total. The van der Waals surface area contributed by atoms with E-state index in [2.05, 4.69) is 20.6 Å². The number of aromatic nitrogens is 2. The van der Waals surface area contributed by atoms with Gasteiger partial charge in [-0.3, -0.25) is 28.8 Å². The second-order valence-corrected chi connectivity index (χ2v) is 19.6. The Morgan fingerprint density at radius 1 is 0.661 bits per heavy atom. The number of allylic oxidation sites excluding steroid dienone is 4. The normalized spacial score (nSPS) is 18.5. The summed E-state index contributed by atoms with van der Waals surface area (Å²) in [7, 11) is -4.84. The fraction of sp³-hybridized carbons (Fsp3) is 0.515. The van der Waals surface area contributed by atoms with Crippen molar-refractivity contribution in [2.24, 2.45) is 0 Å². The second kappa shape index (κ2) is 16.7. The minimum atomic E-state index is -3.37. The van der Waals surface area contributed by atoms with Gasteiger partial charge in [0.1, 0.15) is 21.1 Å². The first-order valence-electron chi connectivity index (χ1n) is 17.7. The van der Waals surface area contributed by atoms with Gasteiger partial charge >= 0.3 is 0 Å². The van der Waals surface area contributed by atoms with Crippen molar-refractivity contribution in [1.82, 2.24) is 43.9 Å². The smallest absolute Gasteiger partial charge is 0.282 e. The molecule has 2 aromatic rings. The van der Waals surface area contributed by atoms with E-state index in [0.717, 1.165) is 35.2 Å². The van der Waals surface area contributed by atoms with Crippen LogP contribution >= 0.6 is 22.7 Å². The molecule has 2 N–H and O–H groups in total. The third kappa shape index (κ3) is 9.13. The van der Waals surface area contributed by atoms with Gasteiger partial charge in [0.25, 0.3) is 11.8 Å². The van der Waals surface area contributed by atoms with Crippen LogP contribution in [0.1, 0.15) is 72.8 Å². The number of sulfonamides is 2. The van der Waals surface area contributed by atoms with Gasteiger partial charge in [-0.2, -0.15) is 8.61 Å². The lowest BCUT2D eigenvalue weighted by Gasteiger charge is -2.32. The molecule has 0 radical (unpaired) electrons. The molecule has 2 aromatic heterocycles. The molecule has 6 rings (SSSR count). The van der Waals surface area contributed by atoms with Crippen LogP contribution in [0, 0.1) is 0 Å². The molecule has 56 heavy (non-hydrogen) atoms. The third-order valence-corrected chi connectivity index (χ3v) is 14.3. The van der Waals surface area contributed by atoms with Crippen molar-refractivity contribution in [2.45, 2.75) is 12.8 Å². The molecule has 0 aromatic carbocycles. The number of hydrogen-bond donors (Lipinski definition) is 2. The van der Waals surface area contributed by atoms with Crippen molar-refractivity contribution < 1.29 is 45.6 Å². The predicted molar refractivity (Wildman–Crippen MR) is 205 cm³/mol. The van der Waals surface area contributed by atoms with Gasteiger partial charge in [-0.25, -0.2) is 26.8 Å². The maximum absolute atomic E-state index is 13.2. The highest BCUT2D eigenvalue weighted by Gasteiger charge is 2.36. The van der Waals surface area contributed by atoms with Gasteiger partial charge in [-0.15, -0.1) is 22.7 Å². The summed E-state index contributed by atoms with van der Waals surface area (Å²) in [6.45, 7) is 3.32. The fourth-order valence-corrected chi connectivity index (χ4v) is 10.0. The number of fused-ring (bicyclic) bond motifs is 2. The van der Waals surface area contributed by atoms with Crippen molar-refractivity contribution in [3.05, 3.63) is 54.7 Å². The Balaban J connectivity index is 0.907. The Hall–Kier alpha value is -4.26. The number of hydrogen-bond acceptors (Lipinski definition) is 17. The number of rotatable bonds is 14. The monoisotopic (exact) mass is 851 g/mol. The average Bonchev–Trinajstić information content (AvgIpc) is 3.82. The van der Waals surface area contributed by atoms with Crippen LogP contribution in [-0.2, 0) is 20.0 Å². The minimum Gasteiger partial charge on any atom is -0.382 e. The first kappa shape index (κ1) is 41.4. The van der Waals surface area contributed by atoms with Crippen molar-refractivity contribution in [3.63, 3.8) is 0 Å². The van der Waals surface area contributed by atoms with E-state index in [0.29, 0.717) is 39.0 Å². The Kier molecular flexibility index (Phi) is 12.3. The van der Waals surface area contributed by atoms with Gasteiger partial charge < -0.3 is 25.3 Å². The van der Waals surface area contributed by atoms with Gasteiger partial charge in [0.05, 0.1) is 23.9 Å². The first-order chi connectivity index (χ1) is 26.4. The summed E-state index contributed by atoms with van der Waals surface area (Å²) >= 11 is 1.71. The number of carbonyl (C=O) groups excluding carboxylic acids is 6. The number of piperazine rings is 2. The maximum Gasteiger partial charge on any atom is 0.282 e. The molecule has 4 aliphatic rings. The van der Waals surface area contributed by atoms with E-state index < -0.39 is 55.0 Å². The summed E-state index contributed by atoms with van der Waals surface area (Å²) in [5.74, 6) is -2.75. The zero-order valence-corrected chi connectivity index (χ0v) is 34.2. The number of nitrogens with one attached hydrogen (secondary N) is 2. The molecule has 0 atom stereocenters. The molecule has 0 unspecified atom stereocenters. The van der Waals surface area contributed by atoms with E-state index in [-0.39, 0.29) is 94.9 Å². The molecular weight excluding hydrogens is 811 g/mol.